The molecule has 1 atom stereocenters. The zero-order valence-corrected chi connectivity index (χ0v) is 12.6. The molecule has 0 amide bonds. The van der Waals surface area contributed by atoms with Crippen molar-refractivity contribution in [3.63, 3.8) is 0 Å². The molecule has 0 saturated heterocycles. The van der Waals surface area contributed by atoms with Gasteiger partial charge in [0.25, 0.3) is 0 Å². The van der Waals surface area contributed by atoms with Gasteiger partial charge in [-0.05, 0) is 43.6 Å². The lowest BCUT2D eigenvalue weighted by atomic mass is 10.0. The molecule has 0 saturated carbocycles. The van der Waals surface area contributed by atoms with Gasteiger partial charge in [0.2, 0.25) is 0 Å². The molecular weight excluding hydrogens is 267 g/mol. The monoisotopic (exact) mass is 288 g/mol. The fraction of sp³-hybridized carbons (Fsp3) is 0.571. The highest BCUT2D eigenvalue weighted by molar-refractivity contribution is 6.35. The summed E-state index contributed by atoms with van der Waals surface area (Å²) in [5.41, 5.74) is 7.01. The van der Waals surface area contributed by atoms with E-state index in [1.54, 1.807) is 6.07 Å². The predicted octanol–water partition coefficient (Wildman–Crippen LogP) is 4.12. The zero-order valence-electron chi connectivity index (χ0n) is 11.1. The van der Waals surface area contributed by atoms with Crippen LogP contribution >= 0.6 is 23.2 Å². The molecule has 1 rings (SSSR count). The van der Waals surface area contributed by atoms with Crippen molar-refractivity contribution in [2.24, 2.45) is 5.73 Å². The SMILES string of the molecule is CCCN(CCC)C(CN)c1ccc(Cl)cc1Cl. The van der Waals surface area contributed by atoms with E-state index in [1.807, 2.05) is 12.1 Å². The van der Waals surface area contributed by atoms with Crippen molar-refractivity contribution in [3.05, 3.63) is 33.8 Å². The van der Waals surface area contributed by atoms with Crippen molar-refractivity contribution in [3.8, 4) is 0 Å². The number of benzene rings is 1. The molecule has 0 heterocycles. The topological polar surface area (TPSA) is 29.3 Å². The van der Waals surface area contributed by atoms with Crippen molar-refractivity contribution in [1.29, 1.82) is 0 Å². The molecule has 1 aromatic carbocycles. The summed E-state index contributed by atoms with van der Waals surface area (Å²) in [5, 5.41) is 1.37. The largest absolute Gasteiger partial charge is 0.329 e. The molecule has 102 valence electrons. The molecular formula is C14H22Cl2N2. The van der Waals surface area contributed by atoms with E-state index in [0.717, 1.165) is 31.5 Å². The van der Waals surface area contributed by atoms with Gasteiger partial charge in [0, 0.05) is 22.6 Å². The van der Waals surface area contributed by atoms with Gasteiger partial charge < -0.3 is 5.73 Å². The number of rotatable bonds is 7. The Bertz CT molecular complexity index is 363. The van der Waals surface area contributed by atoms with Crippen molar-refractivity contribution >= 4 is 23.2 Å². The summed E-state index contributed by atoms with van der Waals surface area (Å²) >= 11 is 12.2. The summed E-state index contributed by atoms with van der Waals surface area (Å²) in [6.07, 6.45) is 2.23. The Labute approximate surface area is 120 Å². The van der Waals surface area contributed by atoms with E-state index < -0.39 is 0 Å². The summed E-state index contributed by atoms with van der Waals surface area (Å²) in [6.45, 7) is 7.00. The quantitative estimate of drug-likeness (QED) is 0.818. The van der Waals surface area contributed by atoms with E-state index in [2.05, 4.69) is 18.7 Å². The maximum atomic E-state index is 6.28. The predicted molar refractivity (Wildman–Crippen MR) is 80.4 cm³/mol. The van der Waals surface area contributed by atoms with Crippen LogP contribution in [0.1, 0.15) is 38.3 Å². The molecule has 0 aliphatic rings. The average molecular weight is 289 g/mol. The van der Waals surface area contributed by atoms with Gasteiger partial charge in [-0.1, -0.05) is 43.1 Å². The fourth-order valence-corrected chi connectivity index (χ4v) is 2.78. The Balaban J connectivity index is 2.98. The zero-order chi connectivity index (χ0) is 13.5. The lowest BCUT2D eigenvalue weighted by Crippen LogP contribution is -2.35. The number of nitrogens with zero attached hydrogens (tertiary/aromatic N) is 1. The van der Waals surface area contributed by atoms with Crippen molar-refractivity contribution < 1.29 is 0 Å². The first-order chi connectivity index (χ1) is 8.63. The summed E-state index contributed by atoms with van der Waals surface area (Å²) in [4.78, 5) is 2.40. The maximum Gasteiger partial charge on any atom is 0.0485 e. The number of hydrogen-bond donors (Lipinski definition) is 1. The second-order valence-electron chi connectivity index (χ2n) is 4.45. The molecule has 1 aromatic rings. The minimum absolute atomic E-state index is 0.176. The van der Waals surface area contributed by atoms with Crippen LogP contribution in [0.15, 0.2) is 18.2 Å². The van der Waals surface area contributed by atoms with Crippen molar-refractivity contribution in [2.45, 2.75) is 32.7 Å². The summed E-state index contributed by atoms with van der Waals surface area (Å²) in [7, 11) is 0. The van der Waals surface area contributed by atoms with Gasteiger partial charge in [-0.3, -0.25) is 4.90 Å². The molecule has 0 bridgehead atoms. The fourth-order valence-electron chi connectivity index (χ4n) is 2.24. The van der Waals surface area contributed by atoms with Crippen LogP contribution in [-0.2, 0) is 0 Å². The highest BCUT2D eigenvalue weighted by Crippen LogP contribution is 2.29. The molecule has 18 heavy (non-hydrogen) atoms. The summed E-state index contributed by atoms with van der Waals surface area (Å²) in [5.74, 6) is 0. The highest BCUT2D eigenvalue weighted by atomic mass is 35.5. The molecule has 4 heteroatoms. The summed E-state index contributed by atoms with van der Waals surface area (Å²) < 4.78 is 0. The van der Waals surface area contributed by atoms with Crippen LogP contribution in [0.4, 0.5) is 0 Å². The number of halogens is 2. The van der Waals surface area contributed by atoms with Crippen LogP contribution in [-0.4, -0.2) is 24.5 Å². The van der Waals surface area contributed by atoms with Gasteiger partial charge in [0.05, 0.1) is 0 Å². The van der Waals surface area contributed by atoms with Crippen LogP contribution in [0.2, 0.25) is 10.0 Å². The first-order valence-electron chi connectivity index (χ1n) is 6.53. The molecule has 0 aliphatic heterocycles. The normalized spacial score (nSPS) is 13.0. The minimum Gasteiger partial charge on any atom is -0.329 e. The third-order valence-electron chi connectivity index (χ3n) is 3.01. The third kappa shape index (κ3) is 4.13. The number of nitrogens with two attached hydrogens (primary N) is 1. The second kappa shape index (κ2) is 8.00. The molecule has 2 nitrogen and oxygen atoms in total. The van der Waals surface area contributed by atoms with Gasteiger partial charge in [-0.2, -0.15) is 0 Å². The van der Waals surface area contributed by atoms with E-state index >= 15 is 0 Å². The minimum atomic E-state index is 0.176. The van der Waals surface area contributed by atoms with E-state index in [9.17, 15) is 0 Å². The van der Waals surface area contributed by atoms with E-state index in [1.165, 1.54) is 0 Å². The van der Waals surface area contributed by atoms with Crippen molar-refractivity contribution in [2.75, 3.05) is 19.6 Å². The molecule has 1 unspecified atom stereocenters. The van der Waals surface area contributed by atoms with Crippen LogP contribution in [0.3, 0.4) is 0 Å². The Morgan fingerprint density at radius 1 is 1.17 bits per heavy atom. The van der Waals surface area contributed by atoms with Gasteiger partial charge in [-0.25, -0.2) is 0 Å². The Morgan fingerprint density at radius 2 is 1.78 bits per heavy atom. The van der Waals surface area contributed by atoms with Crippen molar-refractivity contribution in [1.82, 2.24) is 4.90 Å². The molecule has 0 spiro atoms. The van der Waals surface area contributed by atoms with Gasteiger partial charge >= 0.3 is 0 Å². The molecule has 0 fully saturated rings. The lowest BCUT2D eigenvalue weighted by molar-refractivity contribution is 0.202. The van der Waals surface area contributed by atoms with E-state index in [-0.39, 0.29) is 6.04 Å². The van der Waals surface area contributed by atoms with Crippen LogP contribution in [0.25, 0.3) is 0 Å². The maximum absolute atomic E-state index is 6.28. The highest BCUT2D eigenvalue weighted by Gasteiger charge is 2.20. The summed E-state index contributed by atoms with van der Waals surface area (Å²) in [6, 6.07) is 5.83. The van der Waals surface area contributed by atoms with Crippen LogP contribution in [0, 0.1) is 0 Å². The Morgan fingerprint density at radius 3 is 2.22 bits per heavy atom. The second-order valence-corrected chi connectivity index (χ2v) is 5.30. The molecule has 0 aliphatic carbocycles. The van der Waals surface area contributed by atoms with Gasteiger partial charge in [0.15, 0.2) is 0 Å². The molecule has 2 N–H and O–H groups in total. The molecule has 0 aromatic heterocycles. The standard InChI is InChI=1S/C14H22Cl2N2/c1-3-7-18(8-4-2)14(10-17)12-6-5-11(15)9-13(12)16/h5-6,9,14H,3-4,7-8,10,17H2,1-2H3. The van der Waals surface area contributed by atoms with Crippen LogP contribution in [0.5, 0.6) is 0 Å². The third-order valence-corrected chi connectivity index (χ3v) is 3.57. The first-order valence-corrected chi connectivity index (χ1v) is 7.28. The Hall–Kier alpha value is -0.280. The number of hydrogen-bond acceptors (Lipinski definition) is 2. The van der Waals surface area contributed by atoms with Crippen LogP contribution < -0.4 is 5.73 Å². The van der Waals surface area contributed by atoms with Gasteiger partial charge in [-0.15, -0.1) is 0 Å². The Kier molecular flexibility index (Phi) is 7.02. The average Bonchev–Trinajstić information content (AvgIpc) is 2.33. The smallest absolute Gasteiger partial charge is 0.0485 e. The van der Waals surface area contributed by atoms with E-state index in [0.29, 0.717) is 16.6 Å². The first kappa shape index (κ1) is 15.8. The molecule has 0 radical (unpaired) electrons. The lowest BCUT2D eigenvalue weighted by Gasteiger charge is -2.31. The van der Waals surface area contributed by atoms with Gasteiger partial charge in [0.1, 0.15) is 0 Å². The van der Waals surface area contributed by atoms with E-state index in [4.69, 9.17) is 28.9 Å².